The highest BCUT2D eigenvalue weighted by Gasteiger charge is 2.10. The summed E-state index contributed by atoms with van der Waals surface area (Å²) in [6, 6.07) is 5.52. The van der Waals surface area contributed by atoms with E-state index >= 15 is 0 Å². The van der Waals surface area contributed by atoms with Crippen LogP contribution in [0.1, 0.15) is 19.8 Å². The van der Waals surface area contributed by atoms with Gasteiger partial charge in [0.2, 0.25) is 0 Å². The molecule has 0 saturated heterocycles. The summed E-state index contributed by atoms with van der Waals surface area (Å²) >= 11 is 0. The number of hydrogen-bond acceptors (Lipinski definition) is 3. The molecule has 0 aliphatic rings. The van der Waals surface area contributed by atoms with E-state index in [-0.39, 0.29) is 24.8 Å². The van der Waals surface area contributed by atoms with Crippen molar-refractivity contribution in [2.75, 3.05) is 6.61 Å². The van der Waals surface area contributed by atoms with E-state index in [9.17, 15) is 14.0 Å². The number of halogens is 1. The van der Waals surface area contributed by atoms with Gasteiger partial charge in [0.15, 0.2) is 18.2 Å². The van der Waals surface area contributed by atoms with Crippen molar-refractivity contribution in [1.82, 2.24) is 5.32 Å². The molecule has 0 bridgehead atoms. The van der Waals surface area contributed by atoms with Gasteiger partial charge in [0.25, 0.3) is 5.91 Å². The largest absolute Gasteiger partial charge is 0.481 e. The average molecular weight is 269 g/mol. The van der Waals surface area contributed by atoms with Crippen molar-refractivity contribution in [3.63, 3.8) is 0 Å². The number of aliphatic carboxylic acids is 1. The Labute approximate surface area is 110 Å². The molecule has 5 nitrogen and oxygen atoms in total. The SMILES string of the molecule is CC(CCC(=O)O)NC(=O)COc1ccccc1F. The molecule has 0 fully saturated rings. The summed E-state index contributed by atoms with van der Waals surface area (Å²) in [6.07, 6.45) is 0.316. The molecule has 6 heteroatoms. The highest BCUT2D eigenvalue weighted by molar-refractivity contribution is 5.77. The zero-order valence-corrected chi connectivity index (χ0v) is 10.6. The number of carbonyl (C=O) groups excluding carboxylic acids is 1. The van der Waals surface area contributed by atoms with E-state index in [0.29, 0.717) is 6.42 Å². The Balaban J connectivity index is 2.32. The summed E-state index contributed by atoms with van der Waals surface area (Å²) in [5, 5.41) is 11.1. The van der Waals surface area contributed by atoms with E-state index in [0.717, 1.165) is 0 Å². The predicted molar refractivity (Wildman–Crippen MR) is 66.4 cm³/mol. The van der Waals surface area contributed by atoms with E-state index < -0.39 is 17.7 Å². The molecule has 1 unspecified atom stereocenters. The Morgan fingerprint density at radius 3 is 2.74 bits per heavy atom. The molecule has 1 amide bonds. The second-order valence-electron chi connectivity index (χ2n) is 4.12. The number of carboxylic acids is 1. The highest BCUT2D eigenvalue weighted by atomic mass is 19.1. The maximum Gasteiger partial charge on any atom is 0.303 e. The second kappa shape index (κ2) is 7.35. The number of benzene rings is 1. The summed E-state index contributed by atoms with van der Waals surface area (Å²) in [4.78, 5) is 21.8. The molecule has 1 atom stereocenters. The van der Waals surface area contributed by atoms with Crippen LogP contribution >= 0.6 is 0 Å². The van der Waals surface area contributed by atoms with E-state index in [1.165, 1.54) is 18.2 Å². The van der Waals surface area contributed by atoms with Crippen LogP contribution < -0.4 is 10.1 Å². The van der Waals surface area contributed by atoms with Gasteiger partial charge in [-0.15, -0.1) is 0 Å². The van der Waals surface area contributed by atoms with Crippen LogP contribution in [0.5, 0.6) is 5.75 Å². The van der Waals surface area contributed by atoms with Gasteiger partial charge in [-0.1, -0.05) is 12.1 Å². The fraction of sp³-hybridized carbons (Fsp3) is 0.385. The van der Waals surface area contributed by atoms with Crippen LogP contribution in [0, 0.1) is 5.82 Å². The van der Waals surface area contributed by atoms with E-state index in [1.54, 1.807) is 13.0 Å². The number of nitrogens with one attached hydrogen (secondary N) is 1. The third kappa shape index (κ3) is 5.85. The first-order valence-corrected chi connectivity index (χ1v) is 5.87. The van der Waals surface area contributed by atoms with Gasteiger partial charge in [-0.25, -0.2) is 4.39 Å². The van der Waals surface area contributed by atoms with Crippen molar-refractivity contribution < 1.29 is 23.8 Å². The molecule has 0 aromatic heterocycles. The average Bonchev–Trinajstić information content (AvgIpc) is 2.35. The lowest BCUT2D eigenvalue weighted by Gasteiger charge is -2.13. The summed E-state index contributed by atoms with van der Waals surface area (Å²) < 4.78 is 18.2. The number of hydrogen-bond donors (Lipinski definition) is 2. The van der Waals surface area contributed by atoms with Crippen LogP contribution in [-0.2, 0) is 9.59 Å². The Hall–Kier alpha value is -2.11. The van der Waals surface area contributed by atoms with Crippen LogP contribution in [0.2, 0.25) is 0 Å². The minimum absolute atomic E-state index is 0.0100. The molecule has 1 aromatic carbocycles. The van der Waals surface area contributed by atoms with Crippen molar-refractivity contribution in [2.45, 2.75) is 25.8 Å². The monoisotopic (exact) mass is 269 g/mol. The summed E-state index contributed by atoms with van der Waals surface area (Å²) in [5.74, 6) is -1.85. The molecule has 0 aliphatic carbocycles. The standard InChI is InChI=1S/C13H16FNO4/c1-9(6-7-13(17)18)15-12(16)8-19-11-5-3-2-4-10(11)14/h2-5,9H,6-8H2,1H3,(H,15,16)(H,17,18). The minimum atomic E-state index is -0.913. The van der Waals surface area contributed by atoms with Gasteiger partial charge in [-0.3, -0.25) is 9.59 Å². The normalized spacial score (nSPS) is 11.7. The fourth-order valence-electron chi connectivity index (χ4n) is 1.43. The van der Waals surface area contributed by atoms with Crippen LogP contribution in [-0.4, -0.2) is 29.6 Å². The van der Waals surface area contributed by atoms with Gasteiger partial charge >= 0.3 is 5.97 Å². The molecular weight excluding hydrogens is 253 g/mol. The Morgan fingerprint density at radius 1 is 1.42 bits per heavy atom. The molecule has 0 spiro atoms. The molecule has 0 saturated carbocycles. The molecule has 2 N–H and O–H groups in total. The van der Waals surface area contributed by atoms with E-state index in [4.69, 9.17) is 9.84 Å². The molecular formula is C13H16FNO4. The van der Waals surface area contributed by atoms with Gasteiger partial charge in [0.05, 0.1) is 0 Å². The second-order valence-corrected chi connectivity index (χ2v) is 4.12. The number of amides is 1. The minimum Gasteiger partial charge on any atom is -0.481 e. The lowest BCUT2D eigenvalue weighted by molar-refractivity contribution is -0.137. The first-order chi connectivity index (χ1) is 8.99. The van der Waals surface area contributed by atoms with Gasteiger partial charge < -0.3 is 15.2 Å². The van der Waals surface area contributed by atoms with Crippen LogP contribution in [0.15, 0.2) is 24.3 Å². The topological polar surface area (TPSA) is 75.6 Å². The number of para-hydroxylation sites is 1. The first-order valence-electron chi connectivity index (χ1n) is 5.87. The predicted octanol–water partition coefficient (Wildman–Crippen LogP) is 1.57. The Kier molecular flexibility index (Phi) is 5.78. The maximum atomic E-state index is 13.2. The van der Waals surface area contributed by atoms with Crippen molar-refractivity contribution in [2.24, 2.45) is 0 Å². The quantitative estimate of drug-likeness (QED) is 0.788. The molecule has 1 rings (SSSR count). The van der Waals surface area contributed by atoms with Crippen LogP contribution in [0.25, 0.3) is 0 Å². The number of rotatable bonds is 7. The lowest BCUT2D eigenvalue weighted by Crippen LogP contribution is -2.36. The first kappa shape index (κ1) is 14.9. The van der Waals surface area contributed by atoms with Gasteiger partial charge in [0, 0.05) is 12.5 Å². The Morgan fingerprint density at radius 2 is 2.11 bits per heavy atom. The third-order valence-corrected chi connectivity index (χ3v) is 2.39. The van der Waals surface area contributed by atoms with Gasteiger partial charge in [-0.05, 0) is 25.5 Å². The summed E-state index contributed by atoms with van der Waals surface area (Å²) in [7, 11) is 0. The molecule has 0 radical (unpaired) electrons. The summed E-state index contributed by atoms with van der Waals surface area (Å²) in [6.45, 7) is 1.39. The number of carboxylic acid groups (broad SMARTS) is 1. The molecule has 19 heavy (non-hydrogen) atoms. The number of carbonyl (C=O) groups is 2. The van der Waals surface area contributed by atoms with E-state index in [1.807, 2.05) is 0 Å². The molecule has 0 aliphatic heterocycles. The Bertz CT molecular complexity index is 450. The molecule has 104 valence electrons. The van der Waals surface area contributed by atoms with Crippen LogP contribution in [0.4, 0.5) is 4.39 Å². The van der Waals surface area contributed by atoms with Gasteiger partial charge in [-0.2, -0.15) is 0 Å². The number of ether oxygens (including phenoxy) is 1. The van der Waals surface area contributed by atoms with Crippen molar-refractivity contribution in [3.8, 4) is 5.75 Å². The summed E-state index contributed by atoms with van der Waals surface area (Å²) in [5.41, 5.74) is 0. The van der Waals surface area contributed by atoms with E-state index in [2.05, 4.69) is 5.32 Å². The van der Waals surface area contributed by atoms with Crippen molar-refractivity contribution in [3.05, 3.63) is 30.1 Å². The fourth-order valence-corrected chi connectivity index (χ4v) is 1.43. The van der Waals surface area contributed by atoms with Crippen LogP contribution in [0.3, 0.4) is 0 Å². The van der Waals surface area contributed by atoms with Gasteiger partial charge in [0.1, 0.15) is 0 Å². The molecule has 1 aromatic rings. The third-order valence-electron chi connectivity index (χ3n) is 2.39. The highest BCUT2D eigenvalue weighted by Crippen LogP contribution is 2.14. The smallest absolute Gasteiger partial charge is 0.303 e. The zero-order valence-electron chi connectivity index (χ0n) is 10.6. The zero-order chi connectivity index (χ0) is 14.3. The van der Waals surface area contributed by atoms with Crippen molar-refractivity contribution >= 4 is 11.9 Å². The molecule has 0 heterocycles. The van der Waals surface area contributed by atoms with Crippen molar-refractivity contribution in [1.29, 1.82) is 0 Å². The maximum absolute atomic E-state index is 13.2. The lowest BCUT2D eigenvalue weighted by atomic mass is 10.2.